The molecule has 0 unspecified atom stereocenters. The first-order valence-corrected chi connectivity index (χ1v) is 10.2. The van der Waals surface area contributed by atoms with Gasteiger partial charge in [-0.25, -0.2) is 4.39 Å². The maximum absolute atomic E-state index is 13.8. The number of aromatic nitrogens is 1. The fraction of sp³-hybridized carbons (Fsp3) is 0.286. The molecule has 6 nitrogen and oxygen atoms in total. The molecular formula is C21H20FN3O3S. The fourth-order valence-electron chi connectivity index (χ4n) is 3.35. The summed E-state index contributed by atoms with van der Waals surface area (Å²) in [6.45, 7) is 2.60. The molecule has 0 bridgehead atoms. The topological polar surface area (TPSA) is 71.5 Å². The van der Waals surface area contributed by atoms with E-state index >= 15 is 0 Å². The van der Waals surface area contributed by atoms with Crippen molar-refractivity contribution in [2.75, 3.05) is 18.4 Å². The second kappa shape index (κ2) is 8.16. The minimum Gasteiger partial charge on any atom is -0.467 e. The van der Waals surface area contributed by atoms with E-state index in [1.54, 1.807) is 35.2 Å². The van der Waals surface area contributed by atoms with Gasteiger partial charge in [-0.15, -0.1) is 0 Å². The molecular weight excluding hydrogens is 393 g/mol. The Morgan fingerprint density at radius 1 is 1.17 bits per heavy atom. The molecule has 2 amide bonds. The van der Waals surface area contributed by atoms with Crippen molar-refractivity contribution < 1.29 is 18.7 Å². The number of rotatable bonds is 4. The van der Waals surface area contributed by atoms with Crippen LogP contribution in [-0.2, 0) is 4.79 Å². The molecule has 0 radical (unpaired) electrons. The van der Waals surface area contributed by atoms with Gasteiger partial charge in [0, 0.05) is 44.1 Å². The number of amides is 2. The highest BCUT2D eigenvalue weighted by molar-refractivity contribution is 7.20. The summed E-state index contributed by atoms with van der Waals surface area (Å²) in [6.07, 6.45) is 1.33. The number of hydrogen-bond donors (Lipinski definition) is 1. The second-order valence-electron chi connectivity index (χ2n) is 6.93. The number of thiazole rings is 1. The Labute approximate surface area is 171 Å². The van der Waals surface area contributed by atoms with Crippen molar-refractivity contribution in [3.05, 3.63) is 53.8 Å². The largest absolute Gasteiger partial charge is 0.467 e. The first kappa shape index (κ1) is 19.3. The van der Waals surface area contributed by atoms with E-state index in [4.69, 9.17) is 4.74 Å². The Hall–Kier alpha value is -3.00. The van der Waals surface area contributed by atoms with Crippen molar-refractivity contribution in [2.45, 2.75) is 25.9 Å². The van der Waals surface area contributed by atoms with Crippen molar-refractivity contribution in [3.8, 4) is 5.19 Å². The summed E-state index contributed by atoms with van der Waals surface area (Å²) in [5.41, 5.74) is 1.58. The molecule has 29 heavy (non-hydrogen) atoms. The van der Waals surface area contributed by atoms with Gasteiger partial charge in [-0.2, -0.15) is 4.98 Å². The number of ether oxygens (including phenoxy) is 1. The number of benzene rings is 2. The highest BCUT2D eigenvalue weighted by Crippen LogP contribution is 2.31. The van der Waals surface area contributed by atoms with E-state index in [0.29, 0.717) is 47.9 Å². The van der Waals surface area contributed by atoms with Crippen LogP contribution in [0.5, 0.6) is 5.19 Å². The van der Waals surface area contributed by atoms with Crippen molar-refractivity contribution in [1.82, 2.24) is 9.88 Å². The Morgan fingerprint density at radius 2 is 1.90 bits per heavy atom. The number of anilines is 1. The number of nitrogens with zero attached hydrogens (tertiary/aromatic N) is 2. The Kier molecular flexibility index (Phi) is 5.44. The van der Waals surface area contributed by atoms with Gasteiger partial charge in [-0.1, -0.05) is 17.4 Å². The van der Waals surface area contributed by atoms with Crippen LogP contribution in [-0.4, -0.2) is 40.9 Å². The van der Waals surface area contributed by atoms with Crippen LogP contribution >= 0.6 is 11.3 Å². The number of nitrogens with one attached hydrogen (secondary N) is 1. The molecule has 3 aromatic rings. The van der Waals surface area contributed by atoms with E-state index in [1.807, 2.05) is 6.07 Å². The zero-order valence-electron chi connectivity index (χ0n) is 15.9. The van der Waals surface area contributed by atoms with Gasteiger partial charge in [0.2, 0.25) is 5.91 Å². The maximum atomic E-state index is 13.8. The van der Waals surface area contributed by atoms with Crippen LogP contribution in [0.3, 0.4) is 0 Å². The van der Waals surface area contributed by atoms with Gasteiger partial charge in [0.05, 0.1) is 4.70 Å². The fourth-order valence-corrected chi connectivity index (χ4v) is 4.24. The van der Waals surface area contributed by atoms with E-state index in [-0.39, 0.29) is 23.7 Å². The second-order valence-corrected chi connectivity index (χ2v) is 7.93. The Bertz CT molecular complexity index is 1040. The molecule has 0 saturated carbocycles. The van der Waals surface area contributed by atoms with Gasteiger partial charge in [0.1, 0.15) is 17.4 Å². The molecule has 150 valence electrons. The third-order valence-corrected chi connectivity index (χ3v) is 5.71. The molecule has 0 aliphatic carbocycles. The SMILES string of the molecule is CC(=O)Nc1ccc(C(=O)N2CCC(Oc3nc4c(F)cccc4s3)CC2)cc1. The van der Waals surface area contributed by atoms with Crippen LogP contribution in [0.1, 0.15) is 30.1 Å². The van der Waals surface area contributed by atoms with Gasteiger partial charge < -0.3 is 15.0 Å². The lowest BCUT2D eigenvalue weighted by Crippen LogP contribution is -2.41. The van der Waals surface area contributed by atoms with Crippen LogP contribution in [0.15, 0.2) is 42.5 Å². The highest BCUT2D eigenvalue weighted by Gasteiger charge is 2.25. The summed E-state index contributed by atoms with van der Waals surface area (Å²) >= 11 is 1.33. The molecule has 4 rings (SSSR count). The lowest BCUT2D eigenvalue weighted by molar-refractivity contribution is -0.114. The summed E-state index contributed by atoms with van der Waals surface area (Å²) in [5.74, 6) is -0.541. The third kappa shape index (κ3) is 4.37. The molecule has 1 N–H and O–H groups in total. The molecule has 0 spiro atoms. The number of carbonyl (C=O) groups is 2. The number of likely N-dealkylation sites (tertiary alicyclic amines) is 1. The van der Waals surface area contributed by atoms with Crippen molar-refractivity contribution in [1.29, 1.82) is 0 Å². The number of fused-ring (bicyclic) bond motifs is 1. The van der Waals surface area contributed by atoms with E-state index < -0.39 is 0 Å². The van der Waals surface area contributed by atoms with Crippen molar-refractivity contribution in [3.63, 3.8) is 0 Å². The lowest BCUT2D eigenvalue weighted by Gasteiger charge is -2.31. The molecule has 0 atom stereocenters. The average Bonchev–Trinajstić information content (AvgIpc) is 3.12. The minimum absolute atomic E-state index is 0.0418. The molecule has 1 aliphatic heterocycles. The third-order valence-electron chi connectivity index (χ3n) is 4.80. The number of halogens is 1. The van der Waals surface area contributed by atoms with E-state index in [0.717, 1.165) is 4.70 Å². The van der Waals surface area contributed by atoms with E-state index in [2.05, 4.69) is 10.3 Å². The number of piperidine rings is 1. The number of carbonyl (C=O) groups excluding carboxylic acids is 2. The Morgan fingerprint density at radius 3 is 2.55 bits per heavy atom. The van der Waals surface area contributed by atoms with Crippen LogP contribution in [0.25, 0.3) is 10.2 Å². The van der Waals surface area contributed by atoms with Gasteiger partial charge in [0.25, 0.3) is 11.1 Å². The molecule has 8 heteroatoms. The van der Waals surface area contributed by atoms with E-state index in [1.165, 1.54) is 24.3 Å². The Balaban J connectivity index is 1.34. The zero-order chi connectivity index (χ0) is 20.4. The molecule has 1 aromatic heterocycles. The van der Waals surface area contributed by atoms with Gasteiger partial charge in [0.15, 0.2) is 0 Å². The molecule has 2 heterocycles. The first-order valence-electron chi connectivity index (χ1n) is 9.38. The zero-order valence-corrected chi connectivity index (χ0v) is 16.7. The summed E-state index contributed by atoms with van der Waals surface area (Å²) in [7, 11) is 0. The summed E-state index contributed by atoms with van der Waals surface area (Å²) in [5, 5.41) is 3.15. The predicted molar refractivity (Wildman–Crippen MR) is 110 cm³/mol. The van der Waals surface area contributed by atoms with Crippen molar-refractivity contribution in [2.24, 2.45) is 0 Å². The smallest absolute Gasteiger partial charge is 0.274 e. The molecule has 1 fully saturated rings. The summed E-state index contributed by atoms with van der Waals surface area (Å²) in [4.78, 5) is 29.8. The lowest BCUT2D eigenvalue weighted by atomic mass is 10.1. The monoisotopic (exact) mass is 413 g/mol. The predicted octanol–water partition coefficient (Wildman–Crippen LogP) is 4.08. The highest BCUT2D eigenvalue weighted by atomic mass is 32.1. The van der Waals surface area contributed by atoms with Crippen LogP contribution < -0.4 is 10.1 Å². The molecule has 2 aromatic carbocycles. The molecule has 1 saturated heterocycles. The van der Waals surface area contributed by atoms with Gasteiger partial charge in [-0.05, 0) is 36.4 Å². The van der Waals surface area contributed by atoms with Crippen LogP contribution in [0, 0.1) is 5.82 Å². The van der Waals surface area contributed by atoms with E-state index in [9.17, 15) is 14.0 Å². The average molecular weight is 413 g/mol. The first-order chi connectivity index (χ1) is 14.0. The number of para-hydroxylation sites is 1. The van der Waals surface area contributed by atoms with Crippen molar-refractivity contribution >= 4 is 39.1 Å². The number of hydrogen-bond acceptors (Lipinski definition) is 5. The normalized spacial score (nSPS) is 14.8. The van der Waals surface area contributed by atoms with Crippen LogP contribution in [0.2, 0.25) is 0 Å². The van der Waals surface area contributed by atoms with Gasteiger partial charge >= 0.3 is 0 Å². The summed E-state index contributed by atoms with van der Waals surface area (Å²) < 4.78 is 20.5. The quantitative estimate of drug-likeness (QED) is 0.700. The van der Waals surface area contributed by atoms with Crippen LogP contribution in [0.4, 0.5) is 10.1 Å². The van der Waals surface area contributed by atoms with Gasteiger partial charge in [-0.3, -0.25) is 9.59 Å². The summed E-state index contributed by atoms with van der Waals surface area (Å²) in [6, 6.07) is 11.7. The maximum Gasteiger partial charge on any atom is 0.274 e. The minimum atomic E-state index is -0.349. The molecule has 1 aliphatic rings. The standard InChI is InChI=1S/C21H20FN3O3S/c1-13(26)23-15-7-5-14(6-8-15)20(27)25-11-9-16(10-12-25)28-21-24-19-17(22)3-2-4-18(19)29-21/h2-8,16H,9-12H2,1H3,(H,23,26).